The zero-order valence-corrected chi connectivity index (χ0v) is 11.2. The summed E-state index contributed by atoms with van der Waals surface area (Å²) in [4.78, 5) is 10.8. The van der Waals surface area contributed by atoms with Crippen LogP contribution in [0.5, 0.6) is 0 Å². The molecule has 1 atom stereocenters. The van der Waals surface area contributed by atoms with Crippen molar-refractivity contribution in [3.05, 3.63) is 0 Å². The molecule has 0 radical (unpaired) electrons. The van der Waals surface area contributed by atoms with Crippen molar-refractivity contribution in [2.75, 3.05) is 6.54 Å². The Kier molecular flexibility index (Phi) is 7.39. The molecule has 0 aliphatic heterocycles. The van der Waals surface area contributed by atoms with E-state index in [0.29, 0.717) is 6.42 Å². The average Bonchev–Trinajstić information content (AvgIpc) is 2.18. The summed E-state index contributed by atoms with van der Waals surface area (Å²) < 4.78 is 0. The monoisotopic (exact) mass is 229 g/mol. The van der Waals surface area contributed by atoms with E-state index in [4.69, 9.17) is 5.11 Å². The Morgan fingerprint density at radius 2 is 1.94 bits per heavy atom. The van der Waals surface area contributed by atoms with Crippen LogP contribution in [-0.2, 0) is 4.79 Å². The lowest BCUT2D eigenvalue weighted by Crippen LogP contribution is -2.41. The van der Waals surface area contributed by atoms with Gasteiger partial charge in [0.2, 0.25) is 0 Å². The molecule has 16 heavy (non-hydrogen) atoms. The summed E-state index contributed by atoms with van der Waals surface area (Å²) in [7, 11) is 0. The van der Waals surface area contributed by atoms with Gasteiger partial charge < -0.3 is 10.4 Å². The van der Waals surface area contributed by atoms with Crippen molar-refractivity contribution in [2.24, 2.45) is 5.41 Å². The van der Waals surface area contributed by atoms with Crippen molar-refractivity contribution < 1.29 is 9.90 Å². The Hall–Kier alpha value is -0.570. The third-order valence-electron chi connectivity index (χ3n) is 2.99. The molecule has 0 amide bonds. The highest BCUT2D eigenvalue weighted by Gasteiger charge is 2.21. The molecule has 0 aromatic heterocycles. The van der Waals surface area contributed by atoms with Gasteiger partial charge in [-0.05, 0) is 18.3 Å². The molecule has 0 bridgehead atoms. The van der Waals surface area contributed by atoms with E-state index in [9.17, 15) is 4.79 Å². The van der Waals surface area contributed by atoms with Crippen molar-refractivity contribution in [1.29, 1.82) is 0 Å². The number of carboxylic acids is 1. The summed E-state index contributed by atoms with van der Waals surface area (Å²) in [5.74, 6) is -0.744. The molecule has 3 nitrogen and oxygen atoms in total. The van der Waals surface area contributed by atoms with Crippen LogP contribution >= 0.6 is 0 Å². The lowest BCUT2D eigenvalue weighted by molar-refractivity contribution is -0.139. The van der Waals surface area contributed by atoms with Crippen LogP contribution in [0.25, 0.3) is 0 Å². The largest absolute Gasteiger partial charge is 0.480 e. The third kappa shape index (κ3) is 6.83. The molecule has 0 aromatic carbocycles. The SMILES string of the molecule is CCCCCC(C)(C)CNC(CC)C(=O)O. The van der Waals surface area contributed by atoms with Gasteiger partial charge in [-0.3, -0.25) is 4.79 Å². The topological polar surface area (TPSA) is 49.3 Å². The first-order chi connectivity index (χ1) is 7.43. The van der Waals surface area contributed by atoms with E-state index in [2.05, 4.69) is 26.1 Å². The number of unbranched alkanes of at least 4 members (excludes halogenated alkanes) is 2. The van der Waals surface area contributed by atoms with Gasteiger partial charge >= 0.3 is 5.97 Å². The van der Waals surface area contributed by atoms with Crippen LogP contribution < -0.4 is 5.32 Å². The normalized spacial score (nSPS) is 13.8. The Labute approximate surface area is 99.6 Å². The van der Waals surface area contributed by atoms with Crippen molar-refractivity contribution in [3.63, 3.8) is 0 Å². The predicted molar refractivity (Wildman–Crippen MR) is 67.6 cm³/mol. The fourth-order valence-corrected chi connectivity index (χ4v) is 1.75. The first kappa shape index (κ1) is 15.4. The molecule has 0 fully saturated rings. The van der Waals surface area contributed by atoms with E-state index in [1.807, 2.05) is 6.92 Å². The molecular formula is C13H27NO2. The van der Waals surface area contributed by atoms with Crippen molar-refractivity contribution >= 4 is 5.97 Å². The third-order valence-corrected chi connectivity index (χ3v) is 2.99. The first-order valence-corrected chi connectivity index (χ1v) is 6.39. The van der Waals surface area contributed by atoms with Crippen LogP contribution in [0.3, 0.4) is 0 Å². The van der Waals surface area contributed by atoms with Crippen LogP contribution in [0.15, 0.2) is 0 Å². The molecule has 0 saturated heterocycles. The van der Waals surface area contributed by atoms with Gasteiger partial charge in [0, 0.05) is 6.54 Å². The Bertz CT molecular complexity index is 202. The maximum absolute atomic E-state index is 10.8. The summed E-state index contributed by atoms with van der Waals surface area (Å²) in [6.45, 7) is 9.27. The molecule has 0 heterocycles. The minimum Gasteiger partial charge on any atom is -0.480 e. The van der Waals surface area contributed by atoms with Crippen molar-refractivity contribution in [3.8, 4) is 0 Å². The number of rotatable bonds is 9. The number of carboxylic acid groups (broad SMARTS) is 1. The fourth-order valence-electron chi connectivity index (χ4n) is 1.75. The molecule has 0 spiro atoms. The molecule has 0 aliphatic carbocycles. The van der Waals surface area contributed by atoms with E-state index < -0.39 is 12.0 Å². The Balaban J connectivity index is 3.91. The van der Waals surface area contributed by atoms with Gasteiger partial charge in [-0.2, -0.15) is 0 Å². The molecule has 2 N–H and O–H groups in total. The highest BCUT2D eigenvalue weighted by Crippen LogP contribution is 2.22. The number of aliphatic carboxylic acids is 1. The van der Waals surface area contributed by atoms with Gasteiger partial charge in [-0.25, -0.2) is 0 Å². The van der Waals surface area contributed by atoms with Crippen molar-refractivity contribution in [1.82, 2.24) is 5.32 Å². The summed E-state index contributed by atoms with van der Waals surface area (Å²) >= 11 is 0. The number of nitrogens with one attached hydrogen (secondary N) is 1. The van der Waals surface area contributed by atoms with Crippen LogP contribution in [0, 0.1) is 5.41 Å². The lowest BCUT2D eigenvalue weighted by Gasteiger charge is -2.26. The van der Waals surface area contributed by atoms with Crippen molar-refractivity contribution in [2.45, 2.75) is 65.8 Å². The molecule has 0 rings (SSSR count). The smallest absolute Gasteiger partial charge is 0.320 e. The summed E-state index contributed by atoms with van der Waals surface area (Å²) in [5.41, 5.74) is 0.192. The predicted octanol–water partition coefficient (Wildman–Crippen LogP) is 3.05. The van der Waals surface area contributed by atoms with Gasteiger partial charge in [-0.1, -0.05) is 47.0 Å². The number of hydrogen-bond donors (Lipinski definition) is 2. The summed E-state index contributed by atoms with van der Waals surface area (Å²) in [6, 6.07) is -0.398. The van der Waals surface area contributed by atoms with E-state index in [0.717, 1.165) is 13.0 Å². The second kappa shape index (κ2) is 7.66. The molecule has 0 aliphatic rings. The van der Waals surface area contributed by atoms with Gasteiger partial charge in [-0.15, -0.1) is 0 Å². The minimum absolute atomic E-state index is 0.192. The molecular weight excluding hydrogens is 202 g/mol. The summed E-state index contributed by atoms with van der Waals surface area (Å²) in [5, 5.41) is 12.1. The maximum atomic E-state index is 10.8. The highest BCUT2D eigenvalue weighted by molar-refractivity contribution is 5.73. The van der Waals surface area contributed by atoms with E-state index in [-0.39, 0.29) is 5.41 Å². The Morgan fingerprint density at radius 3 is 2.38 bits per heavy atom. The van der Waals surface area contributed by atoms with Gasteiger partial charge in [0.25, 0.3) is 0 Å². The van der Waals surface area contributed by atoms with E-state index >= 15 is 0 Å². The quantitative estimate of drug-likeness (QED) is 0.597. The van der Waals surface area contributed by atoms with Gasteiger partial charge in [0.05, 0.1) is 0 Å². The Morgan fingerprint density at radius 1 is 1.31 bits per heavy atom. The zero-order chi connectivity index (χ0) is 12.6. The average molecular weight is 229 g/mol. The molecule has 0 aromatic rings. The molecule has 1 unspecified atom stereocenters. The van der Waals surface area contributed by atoms with Gasteiger partial charge in [0.1, 0.15) is 6.04 Å². The van der Waals surface area contributed by atoms with Crippen LogP contribution in [0.1, 0.15) is 59.8 Å². The van der Waals surface area contributed by atoms with Crippen LogP contribution in [0.4, 0.5) is 0 Å². The standard InChI is InChI=1S/C13H27NO2/c1-5-7-8-9-13(3,4)10-14-11(6-2)12(15)16/h11,14H,5-10H2,1-4H3,(H,15,16). The second-order valence-corrected chi connectivity index (χ2v) is 5.30. The fraction of sp³-hybridized carbons (Fsp3) is 0.923. The molecule has 0 saturated carbocycles. The summed E-state index contributed by atoms with van der Waals surface area (Å²) in [6.07, 6.45) is 5.52. The van der Waals surface area contributed by atoms with Gasteiger partial charge in [0.15, 0.2) is 0 Å². The lowest BCUT2D eigenvalue weighted by atomic mass is 9.86. The first-order valence-electron chi connectivity index (χ1n) is 6.39. The second-order valence-electron chi connectivity index (χ2n) is 5.30. The van der Waals surface area contributed by atoms with Crippen LogP contribution in [0.2, 0.25) is 0 Å². The van der Waals surface area contributed by atoms with E-state index in [1.165, 1.54) is 19.3 Å². The molecule has 3 heteroatoms. The minimum atomic E-state index is -0.744. The maximum Gasteiger partial charge on any atom is 0.320 e. The van der Waals surface area contributed by atoms with E-state index in [1.54, 1.807) is 0 Å². The zero-order valence-electron chi connectivity index (χ0n) is 11.2. The number of hydrogen-bond acceptors (Lipinski definition) is 2. The number of carbonyl (C=O) groups is 1. The molecule has 96 valence electrons. The highest BCUT2D eigenvalue weighted by atomic mass is 16.4. The van der Waals surface area contributed by atoms with Crippen LogP contribution in [-0.4, -0.2) is 23.7 Å².